The molecule has 1 heteroatoms. The molecule has 0 unspecified atom stereocenters. The molecule has 19 heavy (non-hydrogen) atoms. The van der Waals surface area contributed by atoms with E-state index in [-0.39, 0.29) is 21.7 Å². The van der Waals surface area contributed by atoms with Crippen LogP contribution in [-0.2, 0) is 21.7 Å². The monoisotopic (exact) mass is 286 g/mol. The summed E-state index contributed by atoms with van der Waals surface area (Å²) in [5.74, 6) is 0. The van der Waals surface area contributed by atoms with Gasteiger partial charge in [-0.15, -0.1) is 18.4 Å². The van der Waals surface area contributed by atoms with Gasteiger partial charge in [0.05, 0.1) is 0 Å². The predicted octanol–water partition coefficient (Wildman–Crippen LogP) is 5.25. The molecule has 0 aliphatic heterocycles. The predicted molar refractivity (Wildman–Crippen MR) is 76.9 cm³/mol. The van der Waals surface area contributed by atoms with Crippen LogP contribution in [-0.4, -0.2) is 0 Å². The second-order valence-corrected chi connectivity index (χ2v) is 5.57. The maximum atomic E-state index is 2.99. The molecule has 0 saturated heterocycles. The molecule has 0 N–H and O–H groups in total. The minimum absolute atomic E-state index is 0. The normalized spacial score (nSPS) is 23.2. The molecular weight excluding hydrogens is 264 g/mol. The minimum Gasteiger partial charge on any atom is -0.273 e. The molecule has 0 heterocycles. The number of hydrogen-bond donors (Lipinski definition) is 0. The molecule has 0 nitrogen and oxygen atoms in total. The number of allylic oxidation sites excluding steroid dienone is 8. The summed E-state index contributed by atoms with van der Waals surface area (Å²) >= 11 is 0. The van der Waals surface area contributed by atoms with E-state index in [1.165, 1.54) is 51.4 Å². The second kappa shape index (κ2) is 7.36. The molecule has 4 aliphatic carbocycles. The van der Waals surface area contributed by atoms with E-state index >= 15 is 0 Å². The van der Waals surface area contributed by atoms with Crippen LogP contribution < -0.4 is 0 Å². The van der Waals surface area contributed by atoms with Crippen molar-refractivity contribution in [3.63, 3.8) is 0 Å². The Bertz CT molecular complexity index is 395. The van der Waals surface area contributed by atoms with E-state index in [1.54, 1.807) is 22.3 Å². The molecular formula is C18H22Ti. The number of fused-ring (bicyclic) bond motifs is 1. The number of hydrogen-bond acceptors (Lipinski definition) is 0. The van der Waals surface area contributed by atoms with Crippen molar-refractivity contribution < 1.29 is 21.7 Å². The van der Waals surface area contributed by atoms with Crippen molar-refractivity contribution in [2.24, 2.45) is 0 Å². The van der Waals surface area contributed by atoms with Gasteiger partial charge >= 0.3 is 21.7 Å². The van der Waals surface area contributed by atoms with Gasteiger partial charge in [0.2, 0.25) is 0 Å². The molecule has 0 spiro atoms. The standard InChI is InChI=1S/C13H17.C5H5.Ti/c1-3-7-12-10(5-1)9-11-6-2-4-8-13(11)12;1-2-4-5-3-1;/h5H,1-4,6-9H2;1-3H,4H2;/q2*-1;+2. The van der Waals surface area contributed by atoms with E-state index in [2.05, 4.69) is 18.6 Å². The van der Waals surface area contributed by atoms with Crippen LogP contribution in [0.2, 0.25) is 0 Å². The van der Waals surface area contributed by atoms with Gasteiger partial charge in [-0.05, 0) is 25.7 Å². The van der Waals surface area contributed by atoms with Crippen LogP contribution >= 0.6 is 0 Å². The molecule has 0 atom stereocenters. The van der Waals surface area contributed by atoms with Crippen LogP contribution in [0.5, 0.6) is 0 Å². The Morgan fingerprint density at radius 3 is 2.58 bits per heavy atom. The van der Waals surface area contributed by atoms with Gasteiger partial charge in [-0.25, -0.2) is 24.1 Å². The summed E-state index contributed by atoms with van der Waals surface area (Å²) in [5.41, 5.74) is 7.06. The summed E-state index contributed by atoms with van der Waals surface area (Å²) in [5, 5.41) is 0. The average molecular weight is 286 g/mol. The zero-order valence-corrected chi connectivity index (χ0v) is 13.2. The van der Waals surface area contributed by atoms with Crippen LogP contribution in [0, 0.1) is 12.5 Å². The van der Waals surface area contributed by atoms with Gasteiger partial charge in [0.1, 0.15) is 0 Å². The van der Waals surface area contributed by atoms with E-state index in [9.17, 15) is 0 Å². The van der Waals surface area contributed by atoms with Gasteiger partial charge in [-0.3, -0.25) is 6.08 Å². The van der Waals surface area contributed by atoms with Crippen molar-refractivity contribution in [2.45, 2.75) is 57.8 Å². The van der Waals surface area contributed by atoms with Gasteiger partial charge in [0.25, 0.3) is 0 Å². The van der Waals surface area contributed by atoms with Crippen molar-refractivity contribution in [1.29, 1.82) is 0 Å². The summed E-state index contributed by atoms with van der Waals surface area (Å²) in [7, 11) is 0. The summed E-state index contributed by atoms with van der Waals surface area (Å²) < 4.78 is 0. The molecule has 0 radical (unpaired) electrons. The van der Waals surface area contributed by atoms with Crippen LogP contribution in [0.3, 0.4) is 0 Å². The molecule has 4 rings (SSSR count). The minimum atomic E-state index is 0. The second-order valence-electron chi connectivity index (χ2n) is 5.57. The molecule has 98 valence electrons. The molecule has 0 aromatic carbocycles. The van der Waals surface area contributed by atoms with E-state index in [0.29, 0.717) is 0 Å². The fraction of sp³-hybridized carbons (Fsp3) is 0.500. The Morgan fingerprint density at radius 1 is 1.00 bits per heavy atom. The van der Waals surface area contributed by atoms with Crippen LogP contribution in [0.15, 0.2) is 40.5 Å². The summed E-state index contributed by atoms with van der Waals surface area (Å²) in [4.78, 5) is 0. The summed E-state index contributed by atoms with van der Waals surface area (Å²) in [6.45, 7) is 0. The third kappa shape index (κ3) is 3.55. The van der Waals surface area contributed by atoms with E-state index in [0.717, 1.165) is 6.42 Å². The summed E-state index contributed by atoms with van der Waals surface area (Å²) in [6, 6.07) is 0. The first kappa shape index (κ1) is 14.9. The molecule has 0 saturated carbocycles. The summed E-state index contributed by atoms with van der Waals surface area (Å²) in [6.07, 6.45) is 23.6. The van der Waals surface area contributed by atoms with Gasteiger partial charge < -0.3 is 0 Å². The van der Waals surface area contributed by atoms with Gasteiger partial charge in [-0.1, -0.05) is 24.8 Å². The first-order chi connectivity index (χ1) is 8.95. The molecule has 0 aromatic heterocycles. The molecule has 0 aromatic rings. The van der Waals surface area contributed by atoms with Crippen molar-refractivity contribution >= 4 is 0 Å². The van der Waals surface area contributed by atoms with E-state index < -0.39 is 0 Å². The fourth-order valence-corrected chi connectivity index (χ4v) is 3.46. The van der Waals surface area contributed by atoms with Crippen molar-refractivity contribution in [1.82, 2.24) is 0 Å². The Morgan fingerprint density at radius 2 is 1.84 bits per heavy atom. The Labute approximate surface area is 132 Å². The van der Waals surface area contributed by atoms with E-state index in [1.807, 2.05) is 12.2 Å². The molecule has 0 fully saturated rings. The van der Waals surface area contributed by atoms with Crippen LogP contribution in [0.1, 0.15) is 57.8 Å². The molecule has 4 aliphatic rings. The zero-order valence-electron chi connectivity index (χ0n) is 11.7. The molecule has 0 bridgehead atoms. The SMILES string of the molecule is [C-]1=CC=CC1.[CH-]1CCCC2=C1CC1=C2CCCC1.[Ti+2]. The Kier molecular flexibility index (Phi) is 5.79. The fourth-order valence-electron chi connectivity index (χ4n) is 3.46. The van der Waals surface area contributed by atoms with Crippen molar-refractivity contribution in [3.05, 3.63) is 53.0 Å². The third-order valence-corrected chi connectivity index (χ3v) is 4.35. The van der Waals surface area contributed by atoms with Gasteiger partial charge in [-0.2, -0.15) is 11.6 Å². The van der Waals surface area contributed by atoms with Gasteiger partial charge in [0.15, 0.2) is 0 Å². The third-order valence-electron chi connectivity index (χ3n) is 4.35. The average Bonchev–Trinajstić information content (AvgIpc) is 3.10. The van der Waals surface area contributed by atoms with E-state index in [4.69, 9.17) is 0 Å². The molecule has 0 amide bonds. The Balaban J connectivity index is 0.000000190. The maximum absolute atomic E-state index is 2.99. The first-order valence-electron chi connectivity index (χ1n) is 7.43. The quantitative estimate of drug-likeness (QED) is 0.421. The van der Waals surface area contributed by atoms with Crippen LogP contribution in [0.4, 0.5) is 0 Å². The smallest absolute Gasteiger partial charge is 0.273 e. The first-order valence-corrected chi connectivity index (χ1v) is 7.43. The largest absolute Gasteiger partial charge is 2.00 e. The van der Waals surface area contributed by atoms with Gasteiger partial charge in [0, 0.05) is 0 Å². The Hall–Kier alpha value is -0.456. The van der Waals surface area contributed by atoms with Crippen molar-refractivity contribution in [3.8, 4) is 0 Å². The maximum Gasteiger partial charge on any atom is 2.00 e. The zero-order chi connectivity index (χ0) is 12.2. The van der Waals surface area contributed by atoms with Crippen LogP contribution in [0.25, 0.3) is 0 Å². The topological polar surface area (TPSA) is 0 Å². The van der Waals surface area contributed by atoms with Crippen molar-refractivity contribution in [2.75, 3.05) is 0 Å². The number of rotatable bonds is 0.